The number of nitrogens with zero attached hydrogens (tertiary/aromatic N) is 2. The lowest BCUT2D eigenvalue weighted by atomic mass is 9.98. The molecule has 1 aromatic rings. The average molecular weight is 417 g/mol. The second-order valence-electron chi connectivity index (χ2n) is 7.77. The van der Waals surface area contributed by atoms with Crippen LogP contribution in [0.25, 0.3) is 0 Å². The van der Waals surface area contributed by atoms with Crippen LogP contribution >= 0.6 is 0 Å². The molecule has 4 amide bonds. The molecule has 1 aliphatic heterocycles. The predicted octanol–water partition coefficient (Wildman–Crippen LogP) is 3.72. The highest BCUT2D eigenvalue weighted by molar-refractivity contribution is 5.95. The minimum atomic E-state index is -0.261. The number of benzene rings is 1. The Bertz CT molecular complexity index is 704. The van der Waals surface area contributed by atoms with Crippen molar-refractivity contribution in [1.29, 1.82) is 0 Å². The SMILES string of the molecule is CCC(CC)C(=O)N1CCC(NC(=O)Nc2ccc(C(=O)N(CC)CC)cc2)CC1. The highest BCUT2D eigenvalue weighted by Gasteiger charge is 2.27. The molecule has 1 saturated heterocycles. The molecule has 0 spiro atoms. The number of hydrogen-bond acceptors (Lipinski definition) is 3. The Morgan fingerprint density at radius 1 is 1.00 bits per heavy atom. The number of piperidine rings is 1. The van der Waals surface area contributed by atoms with Crippen molar-refractivity contribution in [3.63, 3.8) is 0 Å². The van der Waals surface area contributed by atoms with E-state index in [9.17, 15) is 14.4 Å². The zero-order valence-electron chi connectivity index (χ0n) is 18.7. The van der Waals surface area contributed by atoms with E-state index in [1.54, 1.807) is 29.2 Å². The maximum atomic E-state index is 12.5. The molecule has 30 heavy (non-hydrogen) atoms. The minimum Gasteiger partial charge on any atom is -0.342 e. The fourth-order valence-electron chi connectivity index (χ4n) is 3.88. The maximum Gasteiger partial charge on any atom is 0.319 e. The van der Waals surface area contributed by atoms with Gasteiger partial charge in [0.15, 0.2) is 0 Å². The van der Waals surface area contributed by atoms with E-state index in [0.29, 0.717) is 37.4 Å². The number of carbonyl (C=O) groups is 3. The number of likely N-dealkylation sites (tertiary alicyclic amines) is 1. The first-order valence-corrected chi connectivity index (χ1v) is 11.2. The van der Waals surface area contributed by atoms with Crippen molar-refractivity contribution in [2.75, 3.05) is 31.5 Å². The summed E-state index contributed by atoms with van der Waals surface area (Å²) in [5, 5.41) is 5.82. The summed E-state index contributed by atoms with van der Waals surface area (Å²) in [5.41, 5.74) is 1.25. The molecule has 0 unspecified atom stereocenters. The lowest BCUT2D eigenvalue weighted by Crippen LogP contribution is -2.48. The van der Waals surface area contributed by atoms with Gasteiger partial charge >= 0.3 is 6.03 Å². The monoisotopic (exact) mass is 416 g/mol. The van der Waals surface area contributed by atoms with Crippen molar-refractivity contribution in [1.82, 2.24) is 15.1 Å². The first kappa shape index (κ1) is 23.7. The van der Waals surface area contributed by atoms with Crippen molar-refractivity contribution < 1.29 is 14.4 Å². The summed E-state index contributed by atoms with van der Waals surface area (Å²) in [6.07, 6.45) is 3.26. The van der Waals surface area contributed by atoms with Crippen LogP contribution in [0.4, 0.5) is 10.5 Å². The number of amides is 4. The second kappa shape index (κ2) is 11.6. The van der Waals surface area contributed by atoms with Crippen molar-refractivity contribution in [2.45, 2.75) is 59.4 Å². The number of hydrogen-bond donors (Lipinski definition) is 2. The molecule has 1 aliphatic rings. The van der Waals surface area contributed by atoms with Crippen LogP contribution in [-0.4, -0.2) is 59.9 Å². The molecule has 7 nitrogen and oxygen atoms in total. The molecular weight excluding hydrogens is 380 g/mol. The van der Waals surface area contributed by atoms with E-state index in [1.807, 2.05) is 18.7 Å². The van der Waals surface area contributed by atoms with Crippen molar-refractivity contribution in [3.8, 4) is 0 Å². The van der Waals surface area contributed by atoms with E-state index in [0.717, 1.165) is 25.7 Å². The summed E-state index contributed by atoms with van der Waals surface area (Å²) < 4.78 is 0. The molecule has 2 N–H and O–H groups in total. The largest absolute Gasteiger partial charge is 0.342 e. The van der Waals surface area contributed by atoms with E-state index in [2.05, 4.69) is 24.5 Å². The van der Waals surface area contributed by atoms with Gasteiger partial charge in [0.1, 0.15) is 0 Å². The zero-order valence-corrected chi connectivity index (χ0v) is 18.7. The van der Waals surface area contributed by atoms with Gasteiger partial charge in [-0.2, -0.15) is 0 Å². The first-order chi connectivity index (χ1) is 14.4. The summed E-state index contributed by atoms with van der Waals surface area (Å²) in [4.78, 5) is 40.9. The summed E-state index contributed by atoms with van der Waals surface area (Å²) in [6, 6.07) is 6.75. The zero-order chi connectivity index (χ0) is 22.1. The van der Waals surface area contributed by atoms with Crippen LogP contribution < -0.4 is 10.6 Å². The Hall–Kier alpha value is -2.57. The van der Waals surface area contributed by atoms with Crippen LogP contribution in [0.5, 0.6) is 0 Å². The third-order valence-electron chi connectivity index (χ3n) is 5.92. The lowest BCUT2D eigenvalue weighted by molar-refractivity contribution is -0.136. The molecule has 0 atom stereocenters. The van der Waals surface area contributed by atoms with Gasteiger partial charge in [0.05, 0.1) is 0 Å². The van der Waals surface area contributed by atoms with Crippen molar-refractivity contribution in [2.24, 2.45) is 5.92 Å². The summed E-state index contributed by atoms with van der Waals surface area (Å²) in [6.45, 7) is 10.7. The first-order valence-electron chi connectivity index (χ1n) is 11.2. The third-order valence-corrected chi connectivity index (χ3v) is 5.92. The minimum absolute atomic E-state index is 0.00862. The highest BCUT2D eigenvalue weighted by atomic mass is 16.2. The van der Waals surface area contributed by atoms with Gasteiger partial charge in [0.25, 0.3) is 5.91 Å². The molecule has 2 rings (SSSR count). The number of rotatable bonds is 8. The standard InChI is InChI=1S/C23H36N4O3/c1-5-17(6-2)21(28)27-15-13-20(14-16-27)25-23(30)24-19-11-9-18(10-12-19)22(29)26(7-3)8-4/h9-12,17,20H,5-8,13-16H2,1-4H3,(H2,24,25,30). The van der Waals surface area contributed by atoms with Crippen LogP contribution in [0.15, 0.2) is 24.3 Å². The normalized spacial score (nSPS) is 14.5. The Labute approximate surface area is 180 Å². The van der Waals surface area contributed by atoms with Crippen LogP contribution in [0.1, 0.15) is 63.7 Å². The summed E-state index contributed by atoms with van der Waals surface area (Å²) in [7, 11) is 0. The number of urea groups is 1. The quantitative estimate of drug-likeness (QED) is 0.678. The van der Waals surface area contributed by atoms with Gasteiger partial charge in [-0.25, -0.2) is 4.79 Å². The molecule has 0 radical (unpaired) electrons. The molecule has 0 bridgehead atoms. The Kier molecular flexibility index (Phi) is 9.15. The molecule has 0 saturated carbocycles. The Morgan fingerprint density at radius 2 is 1.57 bits per heavy atom. The molecule has 0 aromatic heterocycles. The van der Waals surface area contributed by atoms with Gasteiger partial charge in [-0.05, 0) is 63.8 Å². The average Bonchev–Trinajstić information content (AvgIpc) is 2.76. The summed E-state index contributed by atoms with van der Waals surface area (Å²) >= 11 is 0. The molecular formula is C23H36N4O3. The Balaban J connectivity index is 1.81. The van der Waals surface area contributed by atoms with Gasteiger partial charge in [0.2, 0.25) is 5.91 Å². The summed E-state index contributed by atoms with van der Waals surface area (Å²) in [5.74, 6) is 0.335. The van der Waals surface area contributed by atoms with Crippen LogP contribution in [-0.2, 0) is 4.79 Å². The number of nitrogens with one attached hydrogen (secondary N) is 2. The van der Waals surface area contributed by atoms with Crippen LogP contribution in [0.2, 0.25) is 0 Å². The topological polar surface area (TPSA) is 81.8 Å². The lowest BCUT2D eigenvalue weighted by Gasteiger charge is -2.34. The predicted molar refractivity (Wildman–Crippen MR) is 120 cm³/mol. The van der Waals surface area contributed by atoms with Gasteiger partial charge in [-0.15, -0.1) is 0 Å². The van der Waals surface area contributed by atoms with Crippen molar-refractivity contribution in [3.05, 3.63) is 29.8 Å². The fourth-order valence-corrected chi connectivity index (χ4v) is 3.88. The molecule has 1 aromatic carbocycles. The molecule has 166 valence electrons. The van der Waals surface area contributed by atoms with E-state index in [-0.39, 0.29) is 29.8 Å². The fraction of sp³-hybridized carbons (Fsp3) is 0.609. The Morgan fingerprint density at radius 3 is 2.07 bits per heavy atom. The van der Waals surface area contributed by atoms with E-state index >= 15 is 0 Å². The van der Waals surface area contributed by atoms with Crippen LogP contribution in [0, 0.1) is 5.92 Å². The molecule has 1 fully saturated rings. The van der Waals surface area contributed by atoms with Gasteiger partial charge in [-0.3, -0.25) is 9.59 Å². The van der Waals surface area contributed by atoms with Gasteiger partial charge in [-0.1, -0.05) is 13.8 Å². The van der Waals surface area contributed by atoms with E-state index < -0.39 is 0 Å². The second-order valence-corrected chi connectivity index (χ2v) is 7.77. The highest BCUT2D eigenvalue weighted by Crippen LogP contribution is 2.18. The van der Waals surface area contributed by atoms with E-state index in [1.165, 1.54) is 0 Å². The molecule has 7 heteroatoms. The van der Waals surface area contributed by atoms with Crippen LogP contribution in [0.3, 0.4) is 0 Å². The van der Waals surface area contributed by atoms with E-state index in [4.69, 9.17) is 0 Å². The maximum absolute atomic E-state index is 12.5. The number of anilines is 1. The smallest absolute Gasteiger partial charge is 0.319 e. The van der Waals surface area contributed by atoms with Gasteiger partial charge < -0.3 is 20.4 Å². The number of carbonyl (C=O) groups excluding carboxylic acids is 3. The molecule has 1 heterocycles. The van der Waals surface area contributed by atoms with Gasteiger partial charge in [0, 0.05) is 49.4 Å². The molecule has 0 aliphatic carbocycles. The third kappa shape index (κ3) is 6.21. The van der Waals surface area contributed by atoms with Crippen molar-refractivity contribution >= 4 is 23.5 Å².